The Kier molecular flexibility index (Phi) is 6.28. The Morgan fingerprint density at radius 1 is 1.50 bits per heavy atom. The first kappa shape index (κ1) is 13.9. The molecule has 1 aliphatic rings. The number of aliphatic hydroxyl groups is 1. The molecule has 16 heavy (non-hydrogen) atoms. The fraction of sp³-hybridized carbons (Fsp3) is 1.00. The smallest absolute Gasteiger partial charge is 0.0826 e. The van der Waals surface area contributed by atoms with Gasteiger partial charge in [-0.05, 0) is 19.4 Å². The summed E-state index contributed by atoms with van der Waals surface area (Å²) in [6, 6.07) is 0.390. The number of nitrogens with zero attached hydrogens (tertiary/aromatic N) is 1. The molecule has 0 aromatic rings. The summed E-state index contributed by atoms with van der Waals surface area (Å²) in [5.74, 6) is 0.550. The highest BCUT2D eigenvalue weighted by Gasteiger charge is 2.19. The first-order valence-corrected chi connectivity index (χ1v) is 6.28. The highest BCUT2D eigenvalue weighted by molar-refractivity contribution is 4.76. The molecule has 0 aliphatic carbocycles. The van der Waals surface area contributed by atoms with Crippen LogP contribution in [-0.4, -0.2) is 62.0 Å². The van der Waals surface area contributed by atoms with Gasteiger partial charge in [0.25, 0.3) is 0 Å². The number of aliphatic hydroxyl groups excluding tert-OH is 1. The van der Waals surface area contributed by atoms with Crippen LogP contribution in [0.25, 0.3) is 0 Å². The number of nitrogens with one attached hydrogen (secondary N) is 1. The zero-order valence-electron chi connectivity index (χ0n) is 10.8. The third-order valence-electron chi connectivity index (χ3n) is 3.19. The van der Waals surface area contributed by atoms with Gasteiger partial charge < -0.3 is 20.1 Å². The van der Waals surface area contributed by atoms with Gasteiger partial charge in [-0.1, -0.05) is 13.8 Å². The van der Waals surface area contributed by atoms with Crippen LogP contribution in [-0.2, 0) is 4.74 Å². The van der Waals surface area contributed by atoms with Crippen LogP contribution < -0.4 is 5.32 Å². The third kappa shape index (κ3) is 4.78. The maximum Gasteiger partial charge on any atom is 0.0826 e. The molecular weight excluding hydrogens is 204 g/mol. The van der Waals surface area contributed by atoms with Crippen LogP contribution in [0.2, 0.25) is 0 Å². The maximum absolute atomic E-state index is 8.99. The van der Waals surface area contributed by atoms with E-state index in [0.717, 1.165) is 32.7 Å². The van der Waals surface area contributed by atoms with E-state index in [1.54, 1.807) is 0 Å². The van der Waals surface area contributed by atoms with Crippen LogP contribution in [0.1, 0.15) is 20.3 Å². The quantitative estimate of drug-likeness (QED) is 0.689. The van der Waals surface area contributed by atoms with Crippen LogP contribution >= 0.6 is 0 Å². The van der Waals surface area contributed by atoms with Gasteiger partial charge in [0, 0.05) is 32.3 Å². The molecule has 1 heterocycles. The van der Waals surface area contributed by atoms with Crippen LogP contribution in [0.15, 0.2) is 0 Å². The highest BCUT2D eigenvalue weighted by atomic mass is 16.5. The average Bonchev–Trinajstić information content (AvgIpc) is 2.24. The molecule has 0 radical (unpaired) electrons. The second-order valence-electron chi connectivity index (χ2n) is 5.03. The van der Waals surface area contributed by atoms with Crippen molar-refractivity contribution in [3.63, 3.8) is 0 Å². The normalized spacial score (nSPS) is 24.9. The van der Waals surface area contributed by atoms with E-state index in [1.807, 2.05) is 0 Å². The van der Waals surface area contributed by atoms with Crippen LogP contribution in [0.4, 0.5) is 0 Å². The van der Waals surface area contributed by atoms with Gasteiger partial charge in [-0.15, -0.1) is 0 Å². The lowest BCUT2D eigenvalue weighted by Gasteiger charge is -2.32. The molecule has 1 fully saturated rings. The first-order valence-electron chi connectivity index (χ1n) is 6.28. The summed E-state index contributed by atoms with van der Waals surface area (Å²) < 4.78 is 5.69. The molecule has 0 amide bonds. The van der Waals surface area contributed by atoms with Crippen LogP contribution in [0.3, 0.4) is 0 Å². The maximum atomic E-state index is 8.99. The minimum Gasteiger partial charge on any atom is -0.396 e. The number of likely N-dealkylation sites (N-methyl/N-ethyl adjacent to an activating group) is 1. The Morgan fingerprint density at radius 2 is 2.25 bits per heavy atom. The monoisotopic (exact) mass is 230 g/mol. The molecule has 0 bridgehead atoms. The molecule has 1 saturated heterocycles. The van der Waals surface area contributed by atoms with Gasteiger partial charge in [0.15, 0.2) is 0 Å². The number of hydrogen-bond donors (Lipinski definition) is 2. The topological polar surface area (TPSA) is 44.7 Å². The standard InChI is InChI=1S/C12H26N2O2/c1-10(2)12(4-6-15)13-8-11-9-14(3)5-7-16-11/h10-13,15H,4-9H2,1-3H3. The summed E-state index contributed by atoms with van der Waals surface area (Å²) in [4.78, 5) is 2.30. The SMILES string of the molecule is CC(C)C(CCO)NCC1CN(C)CCO1. The van der Waals surface area contributed by atoms with Crippen molar-refractivity contribution in [2.24, 2.45) is 5.92 Å². The summed E-state index contributed by atoms with van der Waals surface area (Å²) in [6.07, 6.45) is 1.11. The lowest BCUT2D eigenvalue weighted by Crippen LogP contribution is -2.47. The van der Waals surface area contributed by atoms with Gasteiger partial charge >= 0.3 is 0 Å². The summed E-state index contributed by atoms with van der Waals surface area (Å²) in [5.41, 5.74) is 0. The zero-order chi connectivity index (χ0) is 12.0. The molecule has 2 atom stereocenters. The second-order valence-corrected chi connectivity index (χ2v) is 5.03. The van der Waals surface area contributed by atoms with Gasteiger partial charge in [-0.2, -0.15) is 0 Å². The van der Waals surface area contributed by atoms with Crippen molar-refractivity contribution in [3.8, 4) is 0 Å². The van der Waals surface area contributed by atoms with Crippen molar-refractivity contribution < 1.29 is 9.84 Å². The predicted molar refractivity (Wildman–Crippen MR) is 65.6 cm³/mol. The lowest BCUT2D eigenvalue weighted by molar-refractivity contribution is -0.0202. The molecule has 4 nitrogen and oxygen atoms in total. The van der Waals surface area contributed by atoms with Crippen molar-refractivity contribution in [3.05, 3.63) is 0 Å². The van der Waals surface area contributed by atoms with Crippen LogP contribution in [0.5, 0.6) is 0 Å². The number of rotatable bonds is 6. The van der Waals surface area contributed by atoms with E-state index in [4.69, 9.17) is 9.84 Å². The Balaban J connectivity index is 2.25. The molecule has 0 aromatic carbocycles. The number of morpholine rings is 1. The molecule has 4 heteroatoms. The summed E-state index contributed by atoms with van der Waals surface area (Å²) in [6.45, 7) is 8.35. The average molecular weight is 230 g/mol. The largest absolute Gasteiger partial charge is 0.396 e. The van der Waals surface area contributed by atoms with Crippen LogP contribution in [0, 0.1) is 5.92 Å². The first-order chi connectivity index (χ1) is 7.63. The van der Waals surface area contributed by atoms with Crippen molar-refractivity contribution in [1.82, 2.24) is 10.2 Å². The number of hydrogen-bond acceptors (Lipinski definition) is 4. The second kappa shape index (κ2) is 7.22. The van der Waals surface area contributed by atoms with E-state index in [1.165, 1.54) is 0 Å². The van der Waals surface area contributed by atoms with E-state index in [9.17, 15) is 0 Å². The van der Waals surface area contributed by atoms with E-state index in [2.05, 4.69) is 31.1 Å². The van der Waals surface area contributed by atoms with Crippen molar-refractivity contribution in [1.29, 1.82) is 0 Å². The highest BCUT2D eigenvalue weighted by Crippen LogP contribution is 2.07. The molecule has 2 unspecified atom stereocenters. The van der Waals surface area contributed by atoms with E-state index >= 15 is 0 Å². The minimum absolute atomic E-state index is 0.251. The predicted octanol–water partition coefficient (Wildman–Crippen LogP) is 0.314. The fourth-order valence-electron chi connectivity index (χ4n) is 2.08. The molecule has 1 aliphatic heterocycles. The summed E-state index contributed by atoms with van der Waals surface area (Å²) in [5, 5.41) is 12.5. The molecule has 0 aromatic heterocycles. The molecule has 1 rings (SSSR count). The Labute approximate surface area is 99.0 Å². The zero-order valence-corrected chi connectivity index (χ0v) is 10.8. The van der Waals surface area contributed by atoms with Gasteiger partial charge in [-0.25, -0.2) is 0 Å². The Hall–Kier alpha value is -0.160. The summed E-state index contributed by atoms with van der Waals surface area (Å²) in [7, 11) is 2.13. The molecular formula is C12H26N2O2. The van der Waals surface area contributed by atoms with E-state index in [0.29, 0.717) is 18.1 Å². The van der Waals surface area contributed by atoms with Gasteiger partial charge in [0.05, 0.1) is 12.7 Å². The fourth-order valence-corrected chi connectivity index (χ4v) is 2.08. The van der Waals surface area contributed by atoms with Crippen molar-refractivity contribution in [2.45, 2.75) is 32.4 Å². The lowest BCUT2D eigenvalue weighted by atomic mass is 10.0. The third-order valence-corrected chi connectivity index (χ3v) is 3.19. The van der Waals surface area contributed by atoms with Gasteiger partial charge in [0.2, 0.25) is 0 Å². The summed E-state index contributed by atoms with van der Waals surface area (Å²) >= 11 is 0. The van der Waals surface area contributed by atoms with Gasteiger partial charge in [0.1, 0.15) is 0 Å². The van der Waals surface area contributed by atoms with Crippen molar-refractivity contribution in [2.75, 3.05) is 39.9 Å². The molecule has 2 N–H and O–H groups in total. The van der Waals surface area contributed by atoms with E-state index in [-0.39, 0.29) is 6.61 Å². The Morgan fingerprint density at radius 3 is 2.81 bits per heavy atom. The molecule has 96 valence electrons. The Bertz CT molecular complexity index is 188. The van der Waals surface area contributed by atoms with Gasteiger partial charge in [-0.3, -0.25) is 0 Å². The van der Waals surface area contributed by atoms with Crippen molar-refractivity contribution >= 4 is 0 Å². The molecule has 0 saturated carbocycles. The van der Waals surface area contributed by atoms with E-state index < -0.39 is 0 Å². The molecule has 0 spiro atoms. The number of ether oxygens (including phenoxy) is 1. The minimum atomic E-state index is 0.251.